The molecule has 0 atom stereocenters. The molecule has 0 aromatic carbocycles. The van der Waals surface area contributed by atoms with Gasteiger partial charge in [-0.15, -0.1) is 0 Å². The van der Waals surface area contributed by atoms with Gasteiger partial charge in [-0.1, -0.05) is 6.92 Å². The Morgan fingerprint density at radius 3 is 3.00 bits per heavy atom. The Balaban J connectivity index is 2.51. The molecule has 4 heteroatoms. The Hall–Kier alpha value is -0.870. The molecule has 1 aromatic rings. The van der Waals surface area contributed by atoms with Crippen LogP contribution in [0.5, 0.6) is 0 Å². The zero-order valence-electron chi connectivity index (χ0n) is 9.08. The first-order valence-corrected chi connectivity index (χ1v) is 5.21. The Bertz CT molecular complexity index is 267. The van der Waals surface area contributed by atoms with Gasteiger partial charge >= 0.3 is 0 Å². The molecule has 0 saturated carbocycles. The topological polar surface area (TPSA) is 55.9 Å². The highest BCUT2D eigenvalue weighted by molar-refractivity contribution is 5.15. The average molecular weight is 196 g/mol. The third-order valence-electron chi connectivity index (χ3n) is 2.28. The van der Waals surface area contributed by atoms with Crippen LogP contribution in [0, 0.1) is 6.92 Å². The highest BCUT2D eigenvalue weighted by Crippen LogP contribution is 2.06. The average Bonchev–Trinajstić information content (AvgIpc) is 2.51. The molecule has 1 rings (SSSR count). The molecule has 80 valence electrons. The molecule has 0 spiro atoms. The number of aromatic nitrogens is 2. The van der Waals surface area contributed by atoms with E-state index in [0.29, 0.717) is 6.54 Å². The molecule has 1 aromatic heterocycles. The maximum absolute atomic E-state index is 5.40. The van der Waals surface area contributed by atoms with Crippen molar-refractivity contribution in [1.82, 2.24) is 15.1 Å². The van der Waals surface area contributed by atoms with Gasteiger partial charge in [0.15, 0.2) is 0 Å². The number of hydrogen-bond acceptors (Lipinski definition) is 3. The van der Waals surface area contributed by atoms with Crippen LogP contribution in [0.3, 0.4) is 0 Å². The number of nitrogens with one attached hydrogen (secondary N) is 1. The lowest BCUT2D eigenvalue weighted by Crippen LogP contribution is -2.22. The van der Waals surface area contributed by atoms with Crippen molar-refractivity contribution in [3.63, 3.8) is 0 Å². The quantitative estimate of drug-likeness (QED) is 0.657. The predicted molar refractivity (Wildman–Crippen MR) is 58.0 cm³/mol. The van der Waals surface area contributed by atoms with E-state index in [1.807, 2.05) is 6.20 Å². The van der Waals surface area contributed by atoms with E-state index in [1.165, 1.54) is 11.3 Å². The highest BCUT2D eigenvalue weighted by Gasteiger charge is 2.04. The highest BCUT2D eigenvalue weighted by atomic mass is 15.3. The van der Waals surface area contributed by atoms with Gasteiger partial charge in [-0.2, -0.15) is 5.10 Å². The normalized spacial score (nSPS) is 10.8. The zero-order chi connectivity index (χ0) is 10.4. The summed E-state index contributed by atoms with van der Waals surface area (Å²) >= 11 is 0. The molecule has 0 fully saturated rings. The summed E-state index contributed by atoms with van der Waals surface area (Å²) < 4.78 is 2.06. The minimum absolute atomic E-state index is 0.683. The predicted octanol–water partition coefficient (Wildman–Crippen LogP) is 0.650. The van der Waals surface area contributed by atoms with E-state index in [-0.39, 0.29) is 0 Å². The van der Waals surface area contributed by atoms with E-state index >= 15 is 0 Å². The molecule has 1 heterocycles. The van der Waals surface area contributed by atoms with Gasteiger partial charge in [-0.25, -0.2) is 0 Å². The number of hydrogen-bond donors (Lipinski definition) is 2. The zero-order valence-corrected chi connectivity index (χ0v) is 9.08. The van der Waals surface area contributed by atoms with Crippen molar-refractivity contribution in [2.24, 2.45) is 5.73 Å². The van der Waals surface area contributed by atoms with Crippen molar-refractivity contribution in [1.29, 1.82) is 0 Å². The SMILES string of the molecule is CCCn1ncc(CNCCN)c1C. The standard InChI is InChI=1S/C10H20N4/c1-3-6-14-9(2)10(8-13-14)7-12-5-4-11/h8,12H,3-7,11H2,1-2H3. The molecule has 0 saturated heterocycles. The van der Waals surface area contributed by atoms with Gasteiger partial charge in [0, 0.05) is 37.4 Å². The van der Waals surface area contributed by atoms with Gasteiger partial charge in [-0.3, -0.25) is 4.68 Å². The lowest BCUT2D eigenvalue weighted by atomic mass is 10.2. The van der Waals surface area contributed by atoms with E-state index in [0.717, 1.165) is 26.1 Å². The Kier molecular flexibility index (Phi) is 4.62. The summed E-state index contributed by atoms with van der Waals surface area (Å²) in [6.07, 6.45) is 3.06. The molecule has 0 bridgehead atoms. The van der Waals surface area contributed by atoms with Crippen LogP contribution in [-0.4, -0.2) is 22.9 Å². The molecular formula is C10H20N4. The minimum Gasteiger partial charge on any atom is -0.329 e. The van der Waals surface area contributed by atoms with Crippen LogP contribution in [0.15, 0.2) is 6.20 Å². The van der Waals surface area contributed by atoms with Crippen molar-refractivity contribution in [2.45, 2.75) is 33.4 Å². The van der Waals surface area contributed by atoms with Crippen LogP contribution in [0.1, 0.15) is 24.6 Å². The van der Waals surface area contributed by atoms with E-state index in [2.05, 4.69) is 28.9 Å². The molecule has 0 unspecified atom stereocenters. The van der Waals surface area contributed by atoms with Gasteiger partial charge in [0.25, 0.3) is 0 Å². The van der Waals surface area contributed by atoms with Crippen molar-refractivity contribution in [3.8, 4) is 0 Å². The first kappa shape index (κ1) is 11.2. The number of nitrogens with two attached hydrogens (primary N) is 1. The molecule has 4 nitrogen and oxygen atoms in total. The Morgan fingerprint density at radius 1 is 1.57 bits per heavy atom. The summed E-state index contributed by atoms with van der Waals surface area (Å²) in [5, 5.41) is 7.60. The van der Waals surface area contributed by atoms with Crippen LogP contribution in [0.2, 0.25) is 0 Å². The molecular weight excluding hydrogens is 176 g/mol. The van der Waals surface area contributed by atoms with Gasteiger partial charge in [0.1, 0.15) is 0 Å². The van der Waals surface area contributed by atoms with Crippen molar-refractivity contribution in [3.05, 3.63) is 17.5 Å². The van der Waals surface area contributed by atoms with Crippen LogP contribution >= 0.6 is 0 Å². The molecule has 0 aliphatic rings. The van der Waals surface area contributed by atoms with Crippen LogP contribution in [0.25, 0.3) is 0 Å². The summed E-state index contributed by atoms with van der Waals surface area (Å²) in [6.45, 7) is 7.69. The van der Waals surface area contributed by atoms with Gasteiger partial charge in [-0.05, 0) is 13.3 Å². The lowest BCUT2D eigenvalue weighted by molar-refractivity contribution is 0.584. The van der Waals surface area contributed by atoms with E-state index < -0.39 is 0 Å². The first-order valence-electron chi connectivity index (χ1n) is 5.21. The number of aryl methyl sites for hydroxylation is 1. The smallest absolute Gasteiger partial charge is 0.0537 e. The second-order valence-electron chi connectivity index (χ2n) is 3.44. The Morgan fingerprint density at radius 2 is 2.36 bits per heavy atom. The summed E-state index contributed by atoms with van der Waals surface area (Å²) in [5.41, 5.74) is 7.93. The summed E-state index contributed by atoms with van der Waals surface area (Å²) in [7, 11) is 0. The Labute approximate surface area is 85.5 Å². The number of nitrogens with zero attached hydrogens (tertiary/aromatic N) is 2. The summed E-state index contributed by atoms with van der Waals surface area (Å²) in [4.78, 5) is 0. The van der Waals surface area contributed by atoms with Crippen molar-refractivity contribution < 1.29 is 0 Å². The molecule has 0 aliphatic heterocycles. The molecule has 0 radical (unpaired) electrons. The molecule has 0 aliphatic carbocycles. The second kappa shape index (κ2) is 5.78. The van der Waals surface area contributed by atoms with Crippen molar-refractivity contribution in [2.75, 3.05) is 13.1 Å². The molecule has 0 amide bonds. The fourth-order valence-corrected chi connectivity index (χ4v) is 1.42. The maximum atomic E-state index is 5.40. The largest absolute Gasteiger partial charge is 0.329 e. The lowest BCUT2D eigenvalue weighted by Gasteiger charge is -2.04. The fourth-order valence-electron chi connectivity index (χ4n) is 1.42. The summed E-state index contributed by atoms with van der Waals surface area (Å²) in [6, 6.07) is 0. The van der Waals surface area contributed by atoms with E-state index in [4.69, 9.17) is 5.73 Å². The van der Waals surface area contributed by atoms with Crippen LogP contribution < -0.4 is 11.1 Å². The van der Waals surface area contributed by atoms with Gasteiger partial charge in [0.05, 0.1) is 6.20 Å². The summed E-state index contributed by atoms with van der Waals surface area (Å²) in [5.74, 6) is 0. The second-order valence-corrected chi connectivity index (χ2v) is 3.44. The van der Waals surface area contributed by atoms with Gasteiger partial charge in [0.2, 0.25) is 0 Å². The van der Waals surface area contributed by atoms with Crippen molar-refractivity contribution >= 4 is 0 Å². The molecule has 3 N–H and O–H groups in total. The van der Waals surface area contributed by atoms with Crippen LogP contribution in [0.4, 0.5) is 0 Å². The first-order chi connectivity index (χ1) is 6.79. The van der Waals surface area contributed by atoms with Crippen LogP contribution in [-0.2, 0) is 13.1 Å². The van der Waals surface area contributed by atoms with Gasteiger partial charge < -0.3 is 11.1 Å². The minimum atomic E-state index is 0.683. The number of rotatable bonds is 6. The van der Waals surface area contributed by atoms with E-state index in [9.17, 15) is 0 Å². The molecule has 14 heavy (non-hydrogen) atoms. The third-order valence-corrected chi connectivity index (χ3v) is 2.28. The third kappa shape index (κ3) is 2.82. The monoisotopic (exact) mass is 196 g/mol. The fraction of sp³-hybridized carbons (Fsp3) is 0.700. The maximum Gasteiger partial charge on any atom is 0.0537 e. The van der Waals surface area contributed by atoms with E-state index in [1.54, 1.807) is 0 Å².